The van der Waals surface area contributed by atoms with E-state index in [9.17, 15) is 18.0 Å². The minimum atomic E-state index is -4.06. The van der Waals surface area contributed by atoms with E-state index in [0.717, 1.165) is 26.6 Å². The SMILES string of the molecule is CNC(=O)C(C)N(Cc1cccc(C)c1)C(=O)CN(c1ccc(C)c(C)c1)S(=O)(=O)c1ccccc1. The van der Waals surface area contributed by atoms with Gasteiger partial charge in [-0.15, -0.1) is 0 Å². The van der Waals surface area contributed by atoms with E-state index in [4.69, 9.17) is 0 Å². The molecule has 3 aromatic carbocycles. The van der Waals surface area contributed by atoms with E-state index in [2.05, 4.69) is 5.32 Å². The zero-order valence-electron chi connectivity index (χ0n) is 21.4. The molecular formula is C28H33N3O4S. The van der Waals surface area contributed by atoms with E-state index in [1.165, 1.54) is 24.1 Å². The number of amides is 2. The molecule has 0 fully saturated rings. The first kappa shape index (κ1) is 26.9. The number of carbonyl (C=O) groups excluding carboxylic acids is 2. The van der Waals surface area contributed by atoms with E-state index in [1.807, 2.05) is 51.1 Å². The van der Waals surface area contributed by atoms with Crippen LogP contribution in [-0.2, 0) is 26.2 Å². The third-order valence-corrected chi connectivity index (χ3v) is 8.03. The molecule has 190 valence electrons. The molecule has 1 atom stereocenters. The fourth-order valence-electron chi connectivity index (χ4n) is 3.93. The van der Waals surface area contributed by atoms with Gasteiger partial charge in [-0.2, -0.15) is 0 Å². The van der Waals surface area contributed by atoms with Crippen LogP contribution in [0.2, 0.25) is 0 Å². The van der Waals surface area contributed by atoms with Crippen molar-refractivity contribution in [1.82, 2.24) is 10.2 Å². The van der Waals surface area contributed by atoms with E-state index < -0.39 is 28.5 Å². The van der Waals surface area contributed by atoms with Gasteiger partial charge in [0.05, 0.1) is 10.6 Å². The molecular weight excluding hydrogens is 474 g/mol. The Balaban J connectivity index is 2.05. The molecule has 8 heteroatoms. The number of nitrogens with one attached hydrogen (secondary N) is 1. The second-order valence-corrected chi connectivity index (χ2v) is 10.8. The molecule has 0 spiro atoms. The average Bonchev–Trinajstić information content (AvgIpc) is 2.87. The lowest BCUT2D eigenvalue weighted by Gasteiger charge is -2.32. The van der Waals surface area contributed by atoms with Gasteiger partial charge in [-0.3, -0.25) is 13.9 Å². The van der Waals surface area contributed by atoms with Crippen LogP contribution in [0, 0.1) is 20.8 Å². The van der Waals surface area contributed by atoms with E-state index in [0.29, 0.717) is 5.69 Å². The van der Waals surface area contributed by atoms with Crippen LogP contribution in [0.4, 0.5) is 5.69 Å². The van der Waals surface area contributed by atoms with Gasteiger partial charge >= 0.3 is 0 Å². The molecule has 1 N–H and O–H groups in total. The maximum absolute atomic E-state index is 13.7. The van der Waals surface area contributed by atoms with Crippen molar-refractivity contribution in [2.75, 3.05) is 17.9 Å². The minimum absolute atomic E-state index is 0.0839. The lowest BCUT2D eigenvalue weighted by atomic mass is 10.1. The van der Waals surface area contributed by atoms with Crippen LogP contribution in [-0.4, -0.2) is 44.8 Å². The number of sulfonamides is 1. The van der Waals surface area contributed by atoms with Crippen LogP contribution in [0.15, 0.2) is 77.7 Å². The number of hydrogen-bond donors (Lipinski definition) is 1. The van der Waals surface area contributed by atoms with Crippen LogP contribution >= 0.6 is 0 Å². The van der Waals surface area contributed by atoms with Gasteiger partial charge in [0.1, 0.15) is 12.6 Å². The predicted molar refractivity (Wildman–Crippen MR) is 142 cm³/mol. The monoisotopic (exact) mass is 507 g/mol. The molecule has 0 bridgehead atoms. The zero-order valence-corrected chi connectivity index (χ0v) is 22.2. The summed E-state index contributed by atoms with van der Waals surface area (Å²) >= 11 is 0. The Hall–Kier alpha value is -3.65. The van der Waals surface area contributed by atoms with Crippen LogP contribution in [0.25, 0.3) is 0 Å². The molecule has 36 heavy (non-hydrogen) atoms. The maximum atomic E-state index is 13.7. The largest absolute Gasteiger partial charge is 0.357 e. The second kappa shape index (κ2) is 11.4. The molecule has 0 saturated carbocycles. The molecule has 7 nitrogen and oxygen atoms in total. The summed E-state index contributed by atoms with van der Waals surface area (Å²) in [5.41, 5.74) is 4.18. The first-order chi connectivity index (χ1) is 17.0. The Labute approximate surface area is 213 Å². The number of rotatable bonds is 9. The zero-order chi connectivity index (χ0) is 26.5. The van der Waals surface area contributed by atoms with Gasteiger partial charge in [-0.05, 0) is 68.7 Å². The number of aryl methyl sites for hydroxylation is 3. The summed E-state index contributed by atoms with van der Waals surface area (Å²) in [4.78, 5) is 27.8. The number of hydrogen-bond acceptors (Lipinski definition) is 4. The van der Waals surface area contributed by atoms with Crippen molar-refractivity contribution in [2.24, 2.45) is 0 Å². The molecule has 0 aromatic heterocycles. The van der Waals surface area contributed by atoms with Crippen LogP contribution in [0.3, 0.4) is 0 Å². The first-order valence-corrected chi connectivity index (χ1v) is 13.2. The van der Waals surface area contributed by atoms with Crippen molar-refractivity contribution in [2.45, 2.75) is 45.2 Å². The van der Waals surface area contributed by atoms with Gasteiger partial charge in [0.2, 0.25) is 11.8 Å². The summed E-state index contributed by atoms with van der Waals surface area (Å²) < 4.78 is 28.6. The van der Waals surface area contributed by atoms with Crippen molar-refractivity contribution < 1.29 is 18.0 Å². The summed E-state index contributed by atoms with van der Waals surface area (Å²) in [7, 11) is -2.55. The Morgan fingerprint density at radius 2 is 1.58 bits per heavy atom. The van der Waals surface area contributed by atoms with Gasteiger partial charge in [0.25, 0.3) is 10.0 Å². The topological polar surface area (TPSA) is 86.8 Å². The Bertz CT molecular complexity index is 1340. The molecule has 1 unspecified atom stereocenters. The van der Waals surface area contributed by atoms with E-state index in [1.54, 1.807) is 37.3 Å². The average molecular weight is 508 g/mol. The van der Waals surface area contributed by atoms with E-state index in [-0.39, 0.29) is 17.3 Å². The molecule has 0 aliphatic heterocycles. The van der Waals surface area contributed by atoms with Crippen molar-refractivity contribution in [3.8, 4) is 0 Å². The standard InChI is InChI=1S/C28H33N3O4S/c1-20-10-9-11-24(16-20)18-30(23(4)28(33)29-5)27(32)19-31(25-15-14-21(2)22(3)17-25)36(34,35)26-12-7-6-8-13-26/h6-17,23H,18-19H2,1-5H3,(H,29,33). The molecule has 3 rings (SSSR count). The highest BCUT2D eigenvalue weighted by molar-refractivity contribution is 7.92. The van der Waals surface area contributed by atoms with Crippen molar-refractivity contribution in [3.63, 3.8) is 0 Å². The third-order valence-electron chi connectivity index (χ3n) is 6.24. The summed E-state index contributed by atoms with van der Waals surface area (Å²) in [6, 6.07) is 20.2. The highest BCUT2D eigenvalue weighted by atomic mass is 32.2. The Morgan fingerprint density at radius 3 is 2.19 bits per heavy atom. The lowest BCUT2D eigenvalue weighted by Crippen LogP contribution is -2.50. The summed E-state index contributed by atoms with van der Waals surface area (Å²) in [5, 5.41) is 2.59. The number of carbonyl (C=O) groups is 2. The molecule has 0 heterocycles. The summed E-state index contributed by atoms with van der Waals surface area (Å²) in [5.74, 6) is -0.815. The van der Waals surface area contributed by atoms with E-state index >= 15 is 0 Å². The van der Waals surface area contributed by atoms with Crippen LogP contribution in [0.5, 0.6) is 0 Å². The summed E-state index contributed by atoms with van der Waals surface area (Å²) in [6.07, 6.45) is 0. The van der Waals surface area contributed by atoms with Crippen molar-refractivity contribution in [3.05, 3.63) is 95.1 Å². The summed E-state index contributed by atoms with van der Waals surface area (Å²) in [6.45, 7) is 7.14. The number of nitrogens with zero attached hydrogens (tertiary/aromatic N) is 2. The number of anilines is 1. The van der Waals surface area contributed by atoms with Crippen molar-refractivity contribution >= 4 is 27.5 Å². The molecule has 0 aliphatic rings. The highest BCUT2D eigenvalue weighted by Gasteiger charge is 2.32. The number of likely N-dealkylation sites (N-methyl/N-ethyl adjacent to an activating group) is 1. The van der Waals surface area contributed by atoms with Gasteiger partial charge < -0.3 is 10.2 Å². The third kappa shape index (κ3) is 6.12. The highest BCUT2D eigenvalue weighted by Crippen LogP contribution is 2.26. The predicted octanol–water partition coefficient (Wildman–Crippen LogP) is 3.97. The normalized spacial score (nSPS) is 12.0. The quantitative estimate of drug-likeness (QED) is 0.475. The first-order valence-electron chi connectivity index (χ1n) is 11.8. The van der Waals surface area contributed by atoms with Gasteiger partial charge in [0.15, 0.2) is 0 Å². The molecule has 3 aromatic rings. The minimum Gasteiger partial charge on any atom is -0.357 e. The second-order valence-electron chi connectivity index (χ2n) is 8.89. The Kier molecular flexibility index (Phi) is 8.53. The van der Waals surface area contributed by atoms with Crippen LogP contribution < -0.4 is 9.62 Å². The Morgan fingerprint density at radius 1 is 0.889 bits per heavy atom. The molecule has 0 aliphatic carbocycles. The fraction of sp³-hybridized carbons (Fsp3) is 0.286. The molecule has 0 radical (unpaired) electrons. The smallest absolute Gasteiger partial charge is 0.264 e. The fourth-order valence-corrected chi connectivity index (χ4v) is 5.35. The van der Waals surface area contributed by atoms with Crippen molar-refractivity contribution in [1.29, 1.82) is 0 Å². The maximum Gasteiger partial charge on any atom is 0.264 e. The lowest BCUT2D eigenvalue weighted by molar-refractivity contribution is -0.139. The van der Waals surface area contributed by atoms with Gasteiger partial charge in [-0.25, -0.2) is 8.42 Å². The van der Waals surface area contributed by atoms with Gasteiger partial charge in [0, 0.05) is 13.6 Å². The molecule has 2 amide bonds. The molecule has 0 saturated heterocycles. The number of benzene rings is 3. The van der Waals surface area contributed by atoms with Crippen LogP contribution in [0.1, 0.15) is 29.2 Å². The van der Waals surface area contributed by atoms with Gasteiger partial charge in [-0.1, -0.05) is 54.1 Å².